The van der Waals surface area contributed by atoms with Gasteiger partial charge < -0.3 is 14.5 Å². The smallest absolute Gasteiger partial charge is 0.224 e. The normalized spacial score (nSPS) is 22.6. The highest BCUT2D eigenvalue weighted by molar-refractivity contribution is 5.78. The minimum atomic E-state index is 0.119. The number of likely N-dealkylation sites (tertiary alicyclic amines) is 2. The van der Waals surface area contributed by atoms with Gasteiger partial charge in [0.25, 0.3) is 0 Å². The molecule has 2 aliphatic heterocycles. The standard InChI is InChI=1S/C21H36N4O3/c1-16(2)21-23-18(15-28-21)14-24-10-6-19(7-11-24)25-9-4-5-17(13-25)20(26)22-8-12-27-3/h15-17,19H,4-14H2,1-3H3,(H,22,26)/t17-/m1/s1. The van der Waals surface area contributed by atoms with E-state index < -0.39 is 0 Å². The van der Waals surface area contributed by atoms with E-state index in [9.17, 15) is 4.79 Å². The largest absolute Gasteiger partial charge is 0.448 e. The van der Waals surface area contributed by atoms with Crippen LogP contribution in [0.1, 0.15) is 57.0 Å². The Bertz CT molecular complexity index is 611. The minimum Gasteiger partial charge on any atom is -0.448 e. The second-order valence-electron chi connectivity index (χ2n) is 8.46. The summed E-state index contributed by atoms with van der Waals surface area (Å²) >= 11 is 0. The van der Waals surface area contributed by atoms with Crippen molar-refractivity contribution in [2.24, 2.45) is 5.92 Å². The fourth-order valence-electron chi connectivity index (χ4n) is 4.30. The van der Waals surface area contributed by atoms with Crippen molar-refractivity contribution >= 4 is 5.91 Å². The lowest BCUT2D eigenvalue weighted by Crippen LogP contribution is -2.50. The maximum Gasteiger partial charge on any atom is 0.224 e. The SMILES string of the molecule is COCCNC(=O)[C@@H]1CCCN(C2CCN(Cc3coc(C(C)C)n3)CC2)C1. The monoisotopic (exact) mass is 392 g/mol. The van der Waals surface area contributed by atoms with Crippen molar-refractivity contribution in [3.8, 4) is 0 Å². The molecule has 0 bridgehead atoms. The number of nitrogens with zero attached hydrogens (tertiary/aromatic N) is 3. The number of methoxy groups -OCH3 is 1. The minimum absolute atomic E-state index is 0.119. The number of hydrogen-bond acceptors (Lipinski definition) is 6. The second-order valence-corrected chi connectivity index (χ2v) is 8.46. The Hall–Kier alpha value is -1.44. The van der Waals surface area contributed by atoms with Crippen molar-refractivity contribution in [1.29, 1.82) is 0 Å². The van der Waals surface area contributed by atoms with Crippen molar-refractivity contribution < 1.29 is 13.9 Å². The van der Waals surface area contributed by atoms with Crippen molar-refractivity contribution in [2.75, 3.05) is 46.4 Å². The Morgan fingerprint density at radius 2 is 2.11 bits per heavy atom. The molecule has 2 fully saturated rings. The van der Waals surface area contributed by atoms with E-state index in [1.54, 1.807) is 13.4 Å². The number of hydrogen-bond donors (Lipinski definition) is 1. The van der Waals surface area contributed by atoms with Crippen molar-refractivity contribution in [2.45, 2.75) is 58.0 Å². The third kappa shape index (κ3) is 5.78. The molecule has 0 aliphatic carbocycles. The van der Waals surface area contributed by atoms with E-state index in [2.05, 4.69) is 33.9 Å². The predicted molar refractivity (Wildman–Crippen MR) is 108 cm³/mol. The Labute approximate surface area is 168 Å². The number of carbonyl (C=O) groups is 1. The van der Waals surface area contributed by atoms with Crippen LogP contribution in [0.25, 0.3) is 0 Å². The van der Waals surface area contributed by atoms with Crippen LogP contribution < -0.4 is 5.32 Å². The molecular formula is C21H36N4O3. The van der Waals surface area contributed by atoms with Crippen LogP contribution in [-0.2, 0) is 16.1 Å². The molecule has 2 saturated heterocycles. The van der Waals surface area contributed by atoms with E-state index in [1.807, 2.05) is 0 Å². The number of oxazole rings is 1. The average Bonchev–Trinajstić information content (AvgIpc) is 3.18. The van der Waals surface area contributed by atoms with E-state index >= 15 is 0 Å². The van der Waals surface area contributed by atoms with Gasteiger partial charge in [-0.15, -0.1) is 0 Å². The van der Waals surface area contributed by atoms with Gasteiger partial charge in [0.1, 0.15) is 6.26 Å². The summed E-state index contributed by atoms with van der Waals surface area (Å²) in [4.78, 5) is 22.0. The lowest BCUT2D eigenvalue weighted by atomic mass is 9.93. The van der Waals surface area contributed by atoms with Crippen LogP contribution in [0.2, 0.25) is 0 Å². The Morgan fingerprint density at radius 3 is 2.79 bits per heavy atom. The number of aromatic nitrogens is 1. The van der Waals surface area contributed by atoms with E-state index in [1.165, 1.54) is 0 Å². The fourth-order valence-corrected chi connectivity index (χ4v) is 4.30. The summed E-state index contributed by atoms with van der Waals surface area (Å²) in [7, 11) is 1.66. The van der Waals surface area contributed by atoms with Crippen LogP contribution in [0.4, 0.5) is 0 Å². The number of piperidine rings is 2. The van der Waals surface area contributed by atoms with Crippen LogP contribution in [0, 0.1) is 5.92 Å². The molecule has 1 N–H and O–H groups in total. The van der Waals surface area contributed by atoms with Gasteiger partial charge in [-0.05, 0) is 32.2 Å². The molecule has 7 nitrogen and oxygen atoms in total. The number of nitrogens with one attached hydrogen (secondary N) is 1. The zero-order valence-electron chi connectivity index (χ0n) is 17.7. The molecule has 3 heterocycles. The maximum absolute atomic E-state index is 12.4. The summed E-state index contributed by atoms with van der Waals surface area (Å²) in [5.41, 5.74) is 1.04. The highest BCUT2D eigenvalue weighted by Gasteiger charge is 2.31. The van der Waals surface area contributed by atoms with Gasteiger partial charge in [-0.3, -0.25) is 14.6 Å². The average molecular weight is 393 g/mol. The summed E-state index contributed by atoms with van der Waals surface area (Å²) in [6, 6.07) is 0.592. The molecule has 3 rings (SSSR count). The van der Waals surface area contributed by atoms with E-state index in [-0.39, 0.29) is 11.8 Å². The molecule has 0 radical (unpaired) electrons. The molecule has 7 heteroatoms. The Kier molecular flexibility index (Phi) is 7.88. The summed E-state index contributed by atoms with van der Waals surface area (Å²) in [5, 5.41) is 3.01. The van der Waals surface area contributed by atoms with Gasteiger partial charge in [0.2, 0.25) is 5.91 Å². The Balaban J connectivity index is 1.43. The number of carbonyl (C=O) groups excluding carboxylic acids is 1. The number of ether oxygens (including phenoxy) is 1. The summed E-state index contributed by atoms with van der Waals surface area (Å²) in [6.07, 6.45) is 6.23. The summed E-state index contributed by atoms with van der Waals surface area (Å²) in [5.74, 6) is 1.46. The highest BCUT2D eigenvalue weighted by Crippen LogP contribution is 2.25. The van der Waals surface area contributed by atoms with Crippen LogP contribution in [0.15, 0.2) is 10.7 Å². The first-order valence-corrected chi connectivity index (χ1v) is 10.7. The van der Waals surface area contributed by atoms with Crippen molar-refractivity contribution in [3.63, 3.8) is 0 Å². The molecule has 0 saturated carbocycles. The van der Waals surface area contributed by atoms with E-state index in [4.69, 9.17) is 9.15 Å². The second kappa shape index (κ2) is 10.4. The lowest BCUT2D eigenvalue weighted by molar-refractivity contribution is -0.127. The van der Waals surface area contributed by atoms with Gasteiger partial charge in [0.05, 0.1) is 18.2 Å². The van der Waals surface area contributed by atoms with E-state index in [0.717, 1.165) is 70.0 Å². The zero-order valence-corrected chi connectivity index (χ0v) is 17.7. The lowest BCUT2D eigenvalue weighted by Gasteiger charge is -2.41. The first-order valence-electron chi connectivity index (χ1n) is 10.7. The third-order valence-electron chi connectivity index (χ3n) is 5.95. The molecule has 1 aromatic heterocycles. The Morgan fingerprint density at radius 1 is 1.32 bits per heavy atom. The van der Waals surface area contributed by atoms with Gasteiger partial charge >= 0.3 is 0 Å². The first kappa shape index (κ1) is 21.3. The molecule has 2 aliphatic rings. The molecule has 1 atom stereocenters. The third-order valence-corrected chi connectivity index (χ3v) is 5.95. The molecule has 1 amide bonds. The van der Waals surface area contributed by atoms with Crippen LogP contribution >= 0.6 is 0 Å². The molecule has 158 valence electrons. The quantitative estimate of drug-likeness (QED) is 0.684. The molecule has 0 spiro atoms. The maximum atomic E-state index is 12.4. The van der Waals surface area contributed by atoms with Gasteiger partial charge in [0, 0.05) is 51.8 Å². The van der Waals surface area contributed by atoms with Crippen LogP contribution in [-0.4, -0.2) is 73.2 Å². The molecule has 0 unspecified atom stereocenters. The number of amides is 1. The topological polar surface area (TPSA) is 70.8 Å². The fraction of sp³-hybridized carbons (Fsp3) is 0.810. The van der Waals surface area contributed by atoms with E-state index in [0.29, 0.717) is 25.1 Å². The van der Waals surface area contributed by atoms with Crippen LogP contribution in [0.3, 0.4) is 0 Å². The predicted octanol–water partition coefficient (Wildman–Crippen LogP) is 2.24. The summed E-state index contributed by atoms with van der Waals surface area (Å²) in [6.45, 7) is 10.4. The summed E-state index contributed by atoms with van der Waals surface area (Å²) < 4.78 is 10.6. The molecule has 0 aromatic carbocycles. The molecule has 28 heavy (non-hydrogen) atoms. The van der Waals surface area contributed by atoms with Gasteiger partial charge in [-0.1, -0.05) is 13.8 Å². The number of rotatable bonds is 8. The van der Waals surface area contributed by atoms with Gasteiger partial charge in [-0.25, -0.2) is 4.98 Å². The van der Waals surface area contributed by atoms with Gasteiger partial charge in [-0.2, -0.15) is 0 Å². The van der Waals surface area contributed by atoms with Crippen LogP contribution in [0.5, 0.6) is 0 Å². The van der Waals surface area contributed by atoms with Crippen molar-refractivity contribution in [1.82, 2.24) is 20.1 Å². The molecular weight excluding hydrogens is 356 g/mol. The zero-order chi connectivity index (χ0) is 19.9. The highest BCUT2D eigenvalue weighted by atomic mass is 16.5. The molecule has 1 aromatic rings. The first-order chi connectivity index (χ1) is 13.6. The van der Waals surface area contributed by atoms with Gasteiger partial charge in [0.15, 0.2) is 5.89 Å². The van der Waals surface area contributed by atoms with Crippen molar-refractivity contribution in [3.05, 3.63) is 17.8 Å².